The molecule has 0 atom stereocenters. The molecule has 1 aliphatic heterocycles. The fraction of sp³-hybridized carbons (Fsp3) is 0.167. The topological polar surface area (TPSA) is 29.9 Å². The largest absolute Gasteiger partial charge is 0.418 e. The van der Waals surface area contributed by atoms with Gasteiger partial charge < -0.3 is 5.32 Å². The molecule has 0 spiro atoms. The quantitative estimate of drug-likeness (QED) is 0.683. The van der Waals surface area contributed by atoms with E-state index in [-0.39, 0.29) is 5.69 Å². The Bertz CT molecular complexity index is 944. The summed E-state index contributed by atoms with van der Waals surface area (Å²) < 4.78 is 54.9. The molecule has 2 aromatic carbocycles. The number of halogens is 4. The molecule has 0 bridgehead atoms. The van der Waals surface area contributed by atoms with Crippen LogP contribution in [-0.4, -0.2) is 16.3 Å². The molecule has 1 N–H and O–H groups in total. The van der Waals surface area contributed by atoms with Crippen molar-refractivity contribution in [3.63, 3.8) is 0 Å². The Hall–Kier alpha value is -2.83. The first kappa shape index (κ1) is 15.7. The maximum absolute atomic E-state index is 13.6. The Morgan fingerprint density at radius 1 is 1.04 bits per heavy atom. The second-order valence-electron chi connectivity index (χ2n) is 5.79. The number of rotatable bonds is 2. The van der Waals surface area contributed by atoms with Gasteiger partial charge in [-0.1, -0.05) is 24.3 Å². The zero-order valence-corrected chi connectivity index (χ0v) is 12.9. The van der Waals surface area contributed by atoms with Gasteiger partial charge >= 0.3 is 6.18 Å². The van der Waals surface area contributed by atoms with E-state index in [2.05, 4.69) is 10.4 Å². The van der Waals surface area contributed by atoms with Crippen molar-refractivity contribution in [3.05, 3.63) is 65.5 Å². The summed E-state index contributed by atoms with van der Waals surface area (Å²) in [4.78, 5) is 0. The van der Waals surface area contributed by atoms with Crippen LogP contribution in [0.25, 0.3) is 16.9 Å². The third-order valence-corrected chi connectivity index (χ3v) is 4.19. The summed E-state index contributed by atoms with van der Waals surface area (Å²) >= 11 is 0. The molecule has 1 aliphatic rings. The number of alkyl halides is 3. The van der Waals surface area contributed by atoms with Gasteiger partial charge in [-0.05, 0) is 30.7 Å². The van der Waals surface area contributed by atoms with Crippen molar-refractivity contribution in [1.82, 2.24) is 9.78 Å². The van der Waals surface area contributed by atoms with E-state index < -0.39 is 17.6 Å². The molecule has 128 valence electrons. The molecule has 3 aromatic rings. The minimum atomic E-state index is -4.49. The van der Waals surface area contributed by atoms with E-state index in [0.717, 1.165) is 11.6 Å². The van der Waals surface area contributed by atoms with Crippen molar-refractivity contribution in [2.75, 3.05) is 11.9 Å². The van der Waals surface area contributed by atoms with Crippen LogP contribution in [0.2, 0.25) is 0 Å². The van der Waals surface area contributed by atoms with E-state index in [1.807, 2.05) is 0 Å². The summed E-state index contributed by atoms with van der Waals surface area (Å²) in [5.41, 5.74) is 1.02. The van der Waals surface area contributed by atoms with Crippen molar-refractivity contribution in [2.45, 2.75) is 12.6 Å². The second-order valence-corrected chi connectivity index (χ2v) is 5.79. The van der Waals surface area contributed by atoms with E-state index in [0.29, 0.717) is 30.0 Å². The number of para-hydroxylation sites is 1. The second kappa shape index (κ2) is 5.61. The van der Waals surface area contributed by atoms with Crippen LogP contribution in [0.4, 0.5) is 23.4 Å². The zero-order chi connectivity index (χ0) is 17.6. The van der Waals surface area contributed by atoms with E-state index in [9.17, 15) is 17.6 Å². The molecule has 0 saturated carbocycles. The lowest BCUT2D eigenvalue weighted by Crippen LogP contribution is -2.13. The summed E-state index contributed by atoms with van der Waals surface area (Å²) in [6, 6.07) is 11.2. The van der Waals surface area contributed by atoms with E-state index in [1.165, 1.54) is 35.0 Å². The number of aromatic nitrogens is 2. The van der Waals surface area contributed by atoms with E-state index in [1.54, 1.807) is 12.1 Å². The first-order valence-corrected chi connectivity index (χ1v) is 7.73. The lowest BCUT2D eigenvalue weighted by atomic mass is 10.1. The number of anilines is 1. The highest BCUT2D eigenvalue weighted by atomic mass is 19.4. The van der Waals surface area contributed by atoms with Gasteiger partial charge in [0.15, 0.2) is 0 Å². The Morgan fingerprint density at radius 3 is 2.60 bits per heavy atom. The van der Waals surface area contributed by atoms with Crippen LogP contribution < -0.4 is 5.32 Å². The van der Waals surface area contributed by atoms with Crippen LogP contribution in [0.15, 0.2) is 48.5 Å². The average Bonchev–Trinajstić information content (AvgIpc) is 3.16. The maximum Gasteiger partial charge on any atom is 0.418 e. The molecule has 0 unspecified atom stereocenters. The third kappa shape index (κ3) is 2.65. The van der Waals surface area contributed by atoms with Crippen LogP contribution in [-0.2, 0) is 12.6 Å². The first-order chi connectivity index (χ1) is 11.9. The van der Waals surface area contributed by atoms with Crippen LogP contribution in [0, 0.1) is 5.82 Å². The number of nitrogens with one attached hydrogen (secondary N) is 1. The van der Waals surface area contributed by atoms with Gasteiger partial charge in [-0.15, -0.1) is 0 Å². The van der Waals surface area contributed by atoms with Gasteiger partial charge in [0.1, 0.15) is 11.6 Å². The summed E-state index contributed by atoms with van der Waals surface area (Å²) in [7, 11) is 0. The number of hydrogen-bond acceptors (Lipinski definition) is 2. The molecule has 0 aliphatic carbocycles. The molecule has 0 fully saturated rings. The van der Waals surface area contributed by atoms with Gasteiger partial charge in [0.05, 0.1) is 16.9 Å². The van der Waals surface area contributed by atoms with Gasteiger partial charge in [0.2, 0.25) is 0 Å². The molecule has 3 nitrogen and oxygen atoms in total. The summed E-state index contributed by atoms with van der Waals surface area (Å²) in [5, 5.41) is 7.47. The highest BCUT2D eigenvalue weighted by Gasteiger charge is 2.35. The molecule has 0 radical (unpaired) electrons. The van der Waals surface area contributed by atoms with Gasteiger partial charge in [-0.3, -0.25) is 0 Å². The normalized spacial score (nSPS) is 13.6. The first-order valence-electron chi connectivity index (χ1n) is 7.73. The van der Waals surface area contributed by atoms with Crippen LogP contribution in [0.3, 0.4) is 0 Å². The van der Waals surface area contributed by atoms with E-state index in [4.69, 9.17) is 0 Å². The highest BCUT2D eigenvalue weighted by molar-refractivity contribution is 5.73. The summed E-state index contributed by atoms with van der Waals surface area (Å²) in [6.45, 7) is 0.601. The van der Waals surface area contributed by atoms with Crippen LogP contribution in [0.5, 0.6) is 0 Å². The number of fused-ring (bicyclic) bond motifs is 1. The lowest BCUT2D eigenvalue weighted by molar-refractivity contribution is -0.137. The standard InChI is InChI=1S/C18H13F4N3/c19-12-5-3-4-11(10-12)16-13-8-9-23-17(13)25(24-16)15-7-2-1-6-14(15)18(20,21)22/h1-7,10,23H,8-9H2. The Kier molecular flexibility index (Phi) is 3.52. The Balaban J connectivity index is 1.93. The van der Waals surface area contributed by atoms with Crippen molar-refractivity contribution in [2.24, 2.45) is 0 Å². The van der Waals surface area contributed by atoms with Gasteiger partial charge in [0, 0.05) is 17.7 Å². The number of benzene rings is 2. The molecule has 0 saturated heterocycles. The minimum Gasteiger partial charge on any atom is -0.369 e. The predicted molar refractivity (Wildman–Crippen MR) is 86.2 cm³/mol. The highest BCUT2D eigenvalue weighted by Crippen LogP contribution is 2.39. The van der Waals surface area contributed by atoms with Crippen LogP contribution in [0.1, 0.15) is 11.1 Å². The van der Waals surface area contributed by atoms with Crippen molar-refractivity contribution < 1.29 is 17.6 Å². The fourth-order valence-corrected chi connectivity index (χ4v) is 3.11. The Morgan fingerprint density at radius 2 is 1.84 bits per heavy atom. The molecule has 1 aromatic heterocycles. The Labute approximate surface area is 140 Å². The SMILES string of the molecule is Fc1cccc(-c2nn(-c3ccccc3C(F)(F)F)c3c2CCN3)c1. The molecule has 25 heavy (non-hydrogen) atoms. The van der Waals surface area contributed by atoms with Crippen LogP contribution >= 0.6 is 0 Å². The average molecular weight is 347 g/mol. The zero-order valence-electron chi connectivity index (χ0n) is 12.9. The fourth-order valence-electron chi connectivity index (χ4n) is 3.11. The summed E-state index contributed by atoms with van der Waals surface area (Å²) in [5.74, 6) is 0.110. The molecule has 7 heteroatoms. The lowest BCUT2D eigenvalue weighted by Gasteiger charge is -2.14. The molecule has 0 amide bonds. The predicted octanol–water partition coefficient (Wildman–Crippen LogP) is 4.67. The minimum absolute atomic E-state index is 0.0525. The molecule has 2 heterocycles. The molecular formula is C18H13F4N3. The summed E-state index contributed by atoms with van der Waals surface area (Å²) in [6.07, 6.45) is -3.87. The third-order valence-electron chi connectivity index (χ3n) is 4.19. The van der Waals surface area contributed by atoms with Gasteiger partial charge in [-0.25, -0.2) is 9.07 Å². The number of nitrogens with zero attached hydrogens (tertiary/aromatic N) is 2. The smallest absolute Gasteiger partial charge is 0.369 e. The number of hydrogen-bond donors (Lipinski definition) is 1. The van der Waals surface area contributed by atoms with Crippen molar-refractivity contribution in [3.8, 4) is 16.9 Å². The maximum atomic E-state index is 13.6. The monoisotopic (exact) mass is 347 g/mol. The van der Waals surface area contributed by atoms with Gasteiger partial charge in [-0.2, -0.15) is 18.3 Å². The van der Waals surface area contributed by atoms with Crippen molar-refractivity contribution in [1.29, 1.82) is 0 Å². The molecular weight excluding hydrogens is 334 g/mol. The molecule has 4 rings (SSSR count). The van der Waals surface area contributed by atoms with E-state index >= 15 is 0 Å². The van der Waals surface area contributed by atoms with Gasteiger partial charge in [0.25, 0.3) is 0 Å². The van der Waals surface area contributed by atoms with Crippen molar-refractivity contribution >= 4 is 5.82 Å².